The van der Waals surface area contributed by atoms with Crippen LogP contribution in [0, 0.1) is 6.92 Å². The summed E-state index contributed by atoms with van der Waals surface area (Å²) in [4.78, 5) is 11.5. The average molecular weight is 353 g/mol. The molecule has 3 aromatic rings. The predicted octanol–water partition coefficient (Wildman–Crippen LogP) is 3.87. The van der Waals surface area contributed by atoms with E-state index < -0.39 is 0 Å². The van der Waals surface area contributed by atoms with Gasteiger partial charge in [0.2, 0.25) is 0 Å². The molecule has 5 nitrogen and oxygen atoms in total. The van der Waals surface area contributed by atoms with Gasteiger partial charge in [-0.05, 0) is 42.7 Å². The maximum absolute atomic E-state index is 11.5. The molecule has 0 saturated heterocycles. The Hall–Kier alpha value is -2.34. The molecule has 1 fully saturated rings. The molecule has 4 rings (SSSR count). The van der Waals surface area contributed by atoms with Crippen molar-refractivity contribution in [1.29, 1.82) is 0 Å². The Morgan fingerprint density at radius 1 is 1.20 bits per heavy atom. The van der Waals surface area contributed by atoms with Crippen LogP contribution >= 0.6 is 11.8 Å². The first-order valence-corrected chi connectivity index (χ1v) is 9.31. The molecule has 0 N–H and O–H groups in total. The number of thioether (sulfide) groups is 1. The molecule has 1 aliphatic rings. The van der Waals surface area contributed by atoms with E-state index in [0.717, 1.165) is 11.5 Å². The number of esters is 1. The molecule has 0 spiro atoms. The van der Waals surface area contributed by atoms with Crippen molar-refractivity contribution in [3.63, 3.8) is 0 Å². The van der Waals surface area contributed by atoms with E-state index in [1.165, 1.54) is 48.0 Å². The van der Waals surface area contributed by atoms with Crippen LogP contribution in [-0.4, -0.2) is 33.6 Å². The zero-order valence-corrected chi connectivity index (χ0v) is 15.0. The normalized spacial score (nSPS) is 14.0. The molecule has 0 atom stereocenters. The number of aromatic nitrogens is 3. The SMILES string of the molecule is COC(=O)CSc1nnc(C)n1-c1ccc(C2CC2)c2ccccc12. The number of rotatable bonds is 5. The predicted molar refractivity (Wildman–Crippen MR) is 98.3 cm³/mol. The number of aryl methyl sites for hydroxylation is 1. The fraction of sp³-hybridized carbons (Fsp3) is 0.316. The van der Waals surface area contributed by atoms with Crippen molar-refractivity contribution >= 4 is 28.5 Å². The van der Waals surface area contributed by atoms with Crippen molar-refractivity contribution in [2.45, 2.75) is 30.8 Å². The van der Waals surface area contributed by atoms with Crippen molar-refractivity contribution in [3.05, 3.63) is 47.8 Å². The molecule has 0 bridgehead atoms. The molecule has 6 heteroatoms. The van der Waals surface area contributed by atoms with Crippen LogP contribution in [0.25, 0.3) is 16.5 Å². The van der Waals surface area contributed by atoms with Gasteiger partial charge in [0.1, 0.15) is 5.82 Å². The van der Waals surface area contributed by atoms with Crippen LogP contribution < -0.4 is 0 Å². The van der Waals surface area contributed by atoms with E-state index in [1.807, 2.05) is 11.5 Å². The molecule has 0 amide bonds. The highest BCUT2D eigenvalue weighted by atomic mass is 32.2. The minimum atomic E-state index is -0.272. The van der Waals surface area contributed by atoms with Gasteiger partial charge in [-0.2, -0.15) is 0 Å². The Morgan fingerprint density at radius 3 is 2.68 bits per heavy atom. The Morgan fingerprint density at radius 2 is 1.96 bits per heavy atom. The fourth-order valence-electron chi connectivity index (χ4n) is 3.15. The number of hydrogen-bond acceptors (Lipinski definition) is 5. The topological polar surface area (TPSA) is 57.0 Å². The number of fused-ring (bicyclic) bond motifs is 1. The van der Waals surface area contributed by atoms with Gasteiger partial charge in [-0.15, -0.1) is 10.2 Å². The molecule has 25 heavy (non-hydrogen) atoms. The van der Waals surface area contributed by atoms with Gasteiger partial charge in [-0.25, -0.2) is 0 Å². The number of carbonyl (C=O) groups is 1. The largest absolute Gasteiger partial charge is 0.468 e. The van der Waals surface area contributed by atoms with Crippen LogP contribution in [0.1, 0.15) is 30.1 Å². The van der Waals surface area contributed by atoms with Crippen molar-refractivity contribution in [2.75, 3.05) is 12.9 Å². The molecule has 1 aromatic heterocycles. The van der Waals surface area contributed by atoms with Crippen LogP contribution in [-0.2, 0) is 9.53 Å². The second-order valence-corrected chi connectivity index (χ2v) is 7.17. The maximum Gasteiger partial charge on any atom is 0.316 e. The van der Waals surface area contributed by atoms with E-state index in [-0.39, 0.29) is 11.7 Å². The number of methoxy groups -OCH3 is 1. The Labute approximate surface area is 150 Å². The lowest BCUT2D eigenvalue weighted by atomic mass is 9.99. The molecular weight excluding hydrogens is 334 g/mol. The van der Waals surface area contributed by atoms with Gasteiger partial charge in [-0.1, -0.05) is 42.1 Å². The second kappa shape index (κ2) is 6.52. The van der Waals surface area contributed by atoms with Crippen LogP contribution in [0.3, 0.4) is 0 Å². The van der Waals surface area contributed by atoms with E-state index >= 15 is 0 Å². The summed E-state index contributed by atoms with van der Waals surface area (Å²) in [5.74, 6) is 1.43. The molecule has 0 aliphatic heterocycles. The van der Waals surface area contributed by atoms with Crippen LogP contribution in [0.4, 0.5) is 0 Å². The lowest BCUT2D eigenvalue weighted by Crippen LogP contribution is -2.06. The Kier molecular flexibility index (Phi) is 4.21. The smallest absolute Gasteiger partial charge is 0.316 e. The Bertz CT molecular complexity index is 947. The molecule has 1 heterocycles. The molecule has 128 valence electrons. The summed E-state index contributed by atoms with van der Waals surface area (Å²) in [6, 6.07) is 12.9. The number of carbonyl (C=O) groups excluding carboxylic acids is 1. The maximum atomic E-state index is 11.5. The third kappa shape index (κ3) is 3.02. The van der Waals surface area contributed by atoms with E-state index in [9.17, 15) is 4.79 Å². The summed E-state index contributed by atoms with van der Waals surface area (Å²) in [7, 11) is 1.39. The minimum Gasteiger partial charge on any atom is -0.468 e. The van der Waals surface area contributed by atoms with E-state index in [4.69, 9.17) is 4.74 Å². The molecule has 2 aromatic carbocycles. The third-order valence-electron chi connectivity index (χ3n) is 4.53. The third-order valence-corrected chi connectivity index (χ3v) is 5.44. The minimum absolute atomic E-state index is 0.215. The lowest BCUT2D eigenvalue weighted by molar-refractivity contribution is -0.137. The molecule has 1 saturated carbocycles. The van der Waals surface area contributed by atoms with Crippen molar-refractivity contribution in [3.8, 4) is 5.69 Å². The highest BCUT2D eigenvalue weighted by Crippen LogP contribution is 2.44. The molecule has 0 unspecified atom stereocenters. The number of benzene rings is 2. The standard InChI is InChI=1S/C19H19N3O2S/c1-12-20-21-19(25-11-18(23)24-2)22(12)17-10-9-14(13-7-8-13)15-5-3-4-6-16(15)17/h3-6,9-10,13H,7-8,11H2,1-2H3. The summed E-state index contributed by atoms with van der Waals surface area (Å²) < 4.78 is 6.75. The number of nitrogens with zero attached hydrogens (tertiary/aromatic N) is 3. The quantitative estimate of drug-likeness (QED) is 0.515. The summed E-state index contributed by atoms with van der Waals surface area (Å²) >= 11 is 1.34. The van der Waals surface area contributed by atoms with Gasteiger partial charge in [0.05, 0.1) is 18.6 Å². The van der Waals surface area contributed by atoms with Gasteiger partial charge >= 0.3 is 5.97 Å². The van der Waals surface area contributed by atoms with Crippen molar-refractivity contribution < 1.29 is 9.53 Å². The van der Waals surface area contributed by atoms with Crippen molar-refractivity contribution in [1.82, 2.24) is 14.8 Å². The van der Waals surface area contributed by atoms with Crippen LogP contribution in [0.15, 0.2) is 41.6 Å². The van der Waals surface area contributed by atoms with Crippen molar-refractivity contribution in [2.24, 2.45) is 0 Å². The van der Waals surface area contributed by atoms with E-state index in [2.05, 4.69) is 46.6 Å². The van der Waals surface area contributed by atoms with Crippen LogP contribution in [0.2, 0.25) is 0 Å². The first kappa shape index (κ1) is 16.1. The van der Waals surface area contributed by atoms with Gasteiger partial charge in [0.15, 0.2) is 5.16 Å². The molecule has 1 aliphatic carbocycles. The first-order chi connectivity index (χ1) is 12.2. The summed E-state index contributed by atoms with van der Waals surface area (Å²) in [6.07, 6.45) is 2.55. The average Bonchev–Trinajstić information content (AvgIpc) is 3.42. The summed E-state index contributed by atoms with van der Waals surface area (Å²) in [5.41, 5.74) is 2.48. The monoisotopic (exact) mass is 353 g/mol. The second-order valence-electron chi connectivity index (χ2n) is 6.22. The zero-order valence-electron chi connectivity index (χ0n) is 14.2. The van der Waals surface area contributed by atoms with Gasteiger partial charge in [0.25, 0.3) is 0 Å². The van der Waals surface area contributed by atoms with Gasteiger partial charge in [-0.3, -0.25) is 9.36 Å². The van der Waals surface area contributed by atoms with Gasteiger partial charge < -0.3 is 4.74 Å². The summed E-state index contributed by atoms with van der Waals surface area (Å²) in [6.45, 7) is 1.93. The highest BCUT2D eigenvalue weighted by Gasteiger charge is 2.26. The van der Waals surface area contributed by atoms with Crippen LogP contribution in [0.5, 0.6) is 0 Å². The van der Waals surface area contributed by atoms with E-state index in [0.29, 0.717) is 11.1 Å². The van der Waals surface area contributed by atoms with Gasteiger partial charge in [0, 0.05) is 5.39 Å². The number of ether oxygens (including phenoxy) is 1. The number of hydrogen-bond donors (Lipinski definition) is 0. The first-order valence-electron chi connectivity index (χ1n) is 8.32. The Balaban J connectivity index is 1.81. The molecule has 0 radical (unpaired) electrons. The lowest BCUT2D eigenvalue weighted by Gasteiger charge is -2.14. The summed E-state index contributed by atoms with van der Waals surface area (Å²) in [5, 5.41) is 11.6. The highest BCUT2D eigenvalue weighted by molar-refractivity contribution is 7.99. The molecular formula is C19H19N3O2S. The fourth-order valence-corrected chi connectivity index (χ4v) is 3.97. The van der Waals surface area contributed by atoms with E-state index in [1.54, 1.807) is 0 Å². The zero-order chi connectivity index (χ0) is 17.4.